The molecule has 8 nitrogen and oxygen atoms in total. The van der Waals surface area contributed by atoms with E-state index in [1.165, 1.54) is 6.07 Å². The minimum absolute atomic E-state index is 0.143. The highest BCUT2D eigenvalue weighted by Crippen LogP contribution is 2.32. The summed E-state index contributed by atoms with van der Waals surface area (Å²) in [5, 5.41) is 9.14. The van der Waals surface area contributed by atoms with Gasteiger partial charge in [0.25, 0.3) is 10.0 Å². The normalized spacial score (nSPS) is 26.7. The van der Waals surface area contributed by atoms with Crippen LogP contribution in [0.25, 0.3) is 0 Å². The first kappa shape index (κ1) is 17.0. The van der Waals surface area contributed by atoms with E-state index in [-0.39, 0.29) is 17.3 Å². The third-order valence-corrected chi connectivity index (χ3v) is 6.60. The van der Waals surface area contributed by atoms with E-state index in [9.17, 15) is 18.0 Å². The summed E-state index contributed by atoms with van der Waals surface area (Å²) in [7, 11) is -3.74. The number of aliphatic carboxylic acids is 1. The monoisotopic (exact) mass is 377 g/mol. The van der Waals surface area contributed by atoms with Crippen LogP contribution in [0.2, 0.25) is 0 Å². The van der Waals surface area contributed by atoms with Crippen molar-refractivity contribution in [2.24, 2.45) is 10.3 Å². The summed E-state index contributed by atoms with van der Waals surface area (Å²) in [4.78, 5) is 27.6. The van der Waals surface area contributed by atoms with Crippen molar-refractivity contribution < 1.29 is 23.1 Å². The predicted molar refractivity (Wildman–Crippen MR) is 92.2 cm³/mol. The van der Waals surface area contributed by atoms with Crippen molar-refractivity contribution in [2.75, 3.05) is 19.6 Å². The Labute approximate surface area is 151 Å². The summed E-state index contributed by atoms with van der Waals surface area (Å²) in [6, 6.07) is 6.13. The molecule has 0 aromatic heterocycles. The molecule has 2 atom stereocenters. The summed E-state index contributed by atoms with van der Waals surface area (Å²) in [6.07, 6.45) is 1.81. The molecule has 0 saturated carbocycles. The highest BCUT2D eigenvalue weighted by Gasteiger charge is 2.42. The first-order valence-electron chi connectivity index (χ1n) is 8.61. The zero-order valence-electron chi connectivity index (χ0n) is 14.0. The topological polar surface area (TPSA) is 107 Å². The molecular formula is C17H19N3O5S. The van der Waals surface area contributed by atoms with Crippen LogP contribution in [0.3, 0.4) is 0 Å². The van der Waals surface area contributed by atoms with Gasteiger partial charge in [0.2, 0.25) is 5.91 Å². The average molecular weight is 377 g/mol. The van der Waals surface area contributed by atoms with Crippen molar-refractivity contribution in [3.05, 3.63) is 29.8 Å². The molecule has 0 aliphatic carbocycles. The van der Waals surface area contributed by atoms with Gasteiger partial charge < -0.3 is 14.9 Å². The molecule has 2 fully saturated rings. The van der Waals surface area contributed by atoms with E-state index >= 15 is 0 Å². The maximum Gasteiger partial charge on any atom is 0.308 e. The highest BCUT2D eigenvalue weighted by molar-refractivity contribution is 7.90. The summed E-state index contributed by atoms with van der Waals surface area (Å²) in [6.45, 7) is 1.18. The molecule has 1 aromatic carbocycles. The van der Waals surface area contributed by atoms with Gasteiger partial charge in [0.15, 0.2) is 5.84 Å². The molecule has 0 spiro atoms. The number of amides is 1. The molecule has 1 aromatic rings. The number of fused-ring (bicyclic) bond motifs is 1. The van der Waals surface area contributed by atoms with Gasteiger partial charge in [-0.15, -0.1) is 4.40 Å². The number of hydrogen-bond acceptors (Lipinski definition) is 5. The number of nitrogens with zero attached hydrogens (tertiary/aromatic N) is 3. The molecule has 0 bridgehead atoms. The lowest BCUT2D eigenvalue weighted by molar-refractivity contribution is -0.141. The Balaban J connectivity index is 1.60. The third-order valence-electron chi connectivity index (χ3n) is 5.27. The Kier molecular flexibility index (Phi) is 3.98. The first-order valence-corrected chi connectivity index (χ1v) is 10.0. The second-order valence-corrected chi connectivity index (χ2v) is 8.42. The molecule has 1 unspecified atom stereocenters. The van der Waals surface area contributed by atoms with Crippen LogP contribution in [0.15, 0.2) is 33.6 Å². The summed E-state index contributed by atoms with van der Waals surface area (Å²) in [5.41, 5.74) is 0.525. The van der Waals surface area contributed by atoms with Crippen LogP contribution in [-0.2, 0) is 19.6 Å². The molecule has 2 saturated heterocycles. The maximum atomic E-state index is 12.9. The van der Waals surface area contributed by atoms with E-state index in [4.69, 9.17) is 5.11 Å². The maximum absolute atomic E-state index is 12.9. The van der Waals surface area contributed by atoms with E-state index in [1.54, 1.807) is 28.0 Å². The molecule has 26 heavy (non-hydrogen) atoms. The fourth-order valence-electron chi connectivity index (χ4n) is 3.95. The van der Waals surface area contributed by atoms with Crippen LogP contribution >= 0.6 is 0 Å². The van der Waals surface area contributed by atoms with Crippen LogP contribution in [0, 0.1) is 5.92 Å². The van der Waals surface area contributed by atoms with Crippen LogP contribution in [0.4, 0.5) is 0 Å². The second-order valence-electron chi connectivity index (χ2n) is 6.85. The van der Waals surface area contributed by atoms with Crippen molar-refractivity contribution in [2.45, 2.75) is 30.2 Å². The average Bonchev–Trinajstić information content (AvgIpc) is 3.32. The van der Waals surface area contributed by atoms with Gasteiger partial charge in [0.1, 0.15) is 10.9 Å². The fraction of sp³-hybridized carbons (Fsp3) is 0.471. The Hall–Kier alpha value is -2.42. The largest absolute Gasteiger partial charge is 0.481 e. The van der Waals surface area contributed by atoms with Crippen LogP contribution in [-0.4, -0.2) is 66.7 Å². The number of likely N-dealkylation sites (tertiary alicyclic amines) is 2. The molecule has 9 heteroatoms. The molecule has 1 N–H and O–H groups in total. The summed E-state index contributed by atoms with van der Waals surface area (Å²) < 4.78 is 28.5. The van der Waals surface area contributed by atoms with E-state index in [2.05, 4.69) is 4.40 Å². The van der Waals surface area contributed by atoms with Crippen LogP contribution < -0.4 is 0 Å². The van der Waals surface area contributed by atoms with Crippen molar-refractivity contribution in [3.63, 3.8) is 0 Å². The van der Waals surface area contributed by atoms with E-state index in [1.807, 2.05) is 0 Å². The molecule has 0 radical (unpaired) electrons. The minimum Gasteiger partial charge on any atom is -0.481 e. The quantitative estimate of drug-likeness (QED) is 0.806. The zero-order valence-corrected chi connectivity index (χ0v) is 14.9. The van der Waals surface area contributed by atoms with Gasteiger partial charge in [0, 0.05) is 25.2 Å². The number of hydrogen-bond donors (Lipinski definition) is 1. The number of amidine groups is 1. The van der Waals surface area contributed by atoms with E-state index in [0.717, 1.165) is 6.42 Å². The summed E-state index contributed by atoms with van der Waals surface area (Å²) in [5.74, 6) is -1.23. The lowest BCUT2D eigenvalue weighted by Gasteiger charge is -2.29. The Morgan fingerprint density at radius 3 is 2.65 bits per heavy atom. The molecule has 138 valence electrons. The van der Waals surface area contributed by atoms with Gasteiger partial charge >= 0.3 is 5.97 Å². The number of carboxylic acids is 1. The van der Waals surface area contributed by atoms with Crippen molar-refractivity contribution in [1.82, 2.24) is 9.80 Å². The van der Waals surface area contributed by atoms with Gasteiger partial charge in [-0.3, -0.25) is 9.59 Å². The molecular weight excluding hydrogens is 358 g/mol. The molecule has 3 aliphatic rings. The number of rotatable bonds is 2. The molecule has 3 heterocycles. The molecule has 3 aliphatic heterocycles. The smallest absolute Gasteiger partial charge is 0.308 e. The van der Waals surface area contributed by atoms with Gasteiger partial charge in [-0.05, 0) is 31.4 Å². The first-order chi connectivity index (χ1) is 12.4. The van der Waals surface area contributed by atoms with Gasteiger partial charge in [-0.1, -0.05) is 12.1 Å². The van der Waals surface area contributed by atoms with Gasteiger partial charge in [-0.25, -0.2) is 0 Å². The van der Waals surface area contributed by atoms with E-state index in [0.29, 0.717) is 37.3 Å². The Bertz CT molecular complexity index is 911. The third kappa shape index (κ3) is 2.66. The summed E-state index contributed by atoms with van der Waals surface area (Å²) >= 11 is 0. The Morgan fingerprint density at radius 1 is 1.15 bits per heavy atom. The van der Waals surface area contributed by atoms with E-state index < -0.39 is 28.0 Å². The standard InChI is InChI=1S/C17H19N3O5S/c21-16(19-9-7-11(10-19)17(22)23)13-5-3-8-20(13)15-12-4-1-2-6-14(12)26(24,25)18-15/h1-2,4,6,11,13H,3,5,7-10H2,(H,22,23)/t11?,13-/m0/s1. The van der Waals surface area contributed by atoms with Crippen molar-refractivity contribution in [3.8, 4) is 0 Å². The van der Waals surface area contributed by atoms with Gasteiger partial charge in [0.05, 0.1) is 5.92 Å². The predicted octanol–water partition coefficient (Wildman–Crippen LogP) is 0.533. The highest BCUT2D eigenvalue weighted by atomic mass is 32.2. The fourth-order valence-corrected chi connectivity index (χ4v) is 5.16. The molecule has 1 amide bonds. The lowest BCUT2D eigenvalue weighted by atomic mass is 10.1. The molecule has 4 rings (SSSR count). The van der Waals surface area contributed by atoms with Gasteiger partial charge in [-0.2, -0.15) is 8.42 Å². The second kappa shape index (κ2) is 6.08. The van der Waals surface area contributed by atoms with Crippen LogP contribution in [0.1, 0.15) is 24.8 Å². The van der Waals surface area contributed by atoms with Crippen LogP contribution in [0.5, 0.6) is 0 Å². The number of benzene rings is 1. The SMILES string of the molecule is O=C(O)C1CCN(C(=O)[C@@H]2CCCN2C2=NS(=O)(=O)c3ccccc32)C1. The number of carbonyl (C=O) groups excluding carboxylic acids is 1. The number of carbonyl (C=O) groups is 2. The van der Waals surface area contributed by atoms with Crippen molar-refractivity contribution >= 4 is 27.7 Å². The Morgan fingerprint density at radius 2 is 1.92 bits per heavy atom. The van der Waals surface area contributed by atoms with Crippen molar-refractivity contribution in [1.29, 1.82) is 0 Å². The lowest BCUT2D eigenvalue weighted by Crippen LogP contribution is -2.47. The minimum atomic E-state index is -3.74. The number of carboxylic acid groups (broad SMARTS) is 1. The number of sulfonamides is 1. The zero-order chi connectivity index (χ0) is 18.5.